The van der Waals surface area contributed by atoms with E-state index in [9.17, 15) is 0 Å². The maximum atomic E-state index is 6.39. The fourth-order valence-corrected chi connectivity index (χ4v) is 3.50. The fourth-order valence-electron chi connectivity index (χ4n) is 2.60. The molecule has 0 atom stereocenters. The molecular weight excluding hydrogens is 230 g/mol. The standard InChI is InChI=1S/C13H23N3S/c1-10-12(17-11(2)16-10)8-15-9-13(14)6-4-3-5-7-13/h15H,3-9,14H2,1-2H3. The Balaban J connectivity index is 1.81. The van der Waals surface area contributed by atoms with E-state index in [2.05, 4.69) is 24.1 Å². The predicted octanol–water partition coefficient (Wildman–Crippen LogP) is 2.51. The third kappa shape index (κ3) is 3.50. The van der Waals surface area contributed by atoms with E-state index in [-0.39, 0.29) is 5.54 Å². The Morgan fingerprint density at radius 1 is 1.29 bits per heavy atom. The molecule has 96 valence electrons. The number of nitrogens with zero attached hydrogens (tertiary/aromatic N) is 1. The van der Waals surface area contributed by atoms with Crippen molar-refractivity contribution in [1.29, 1.82) is 0 Å². The topological polar surface area (TPSA) is 50.9 Å². The van der Waals surface area contributed by atoms with Gasteiger partial charge in [0.05, 0.1) is 10.7 Å². The molecule has 1 saturated carbocycles. The third-order valence-corrected chi connectivity index (χ3v) is 4.68. The Labute approximate surface area is 108 Å². The zero-order valence-electron chi connectivity index (χ0n) is 10.9. The first-order valence-corrected chi connectivity index (χ1v) is 7.33. The predicted molar refractivity (Wildman–Crippen MR) is 73.3 cm³/mol. The van der Waals surface area contributed by atoms with Crippen molar-refractivity contribution >= 4 is 11.3 Å². The Hall–Kier alpha value is -0.450. The number of thiazole rings is 1. The second-order valence-electron chi connectivity index (χ2n) is 5.27. The van der Waals surface area contributed by atoms with Gasteiger partial charge in [-0.15, -0.1) is 11.3 Å². The van der Waals surface area contributed by atoms with Gasteiger partial charge in [-0.2, -0.15) is 0 Å². The van der Waals surface area contributed by atoms with E-state index >= 15 is 0 Å². The minimum atomic E-state index is 0.0336. The molecule has 0 amide bonds. The van der Waals surface area contributed by atoms with Gasteiger partial charge < -0.3 is 11.1 Å². The summed E-state index contributed by atoms with van der Waals surface area (Å²) in [5.41, 5.74) is 7.59. The van der Waals surface area contributed by atoms with Crippen LogP contribution in [0.2, 0.25) is 0 Å². The van der Waals surface area contributed by atoms with Gasteiger partial charge in [-0.05, 0) is 26.7 Å². The number of nitrogens with one attached hydrogen (secondary N) is 1. The fraction of sp³-hybridized carbons (Fsp3) is 0.769. The van der Waals surface area contributed by atoms with Gasteiger partial charge >= 0.3 is 0 Å². The number of nitrogens with two attached hydrogens (primary N) is 1. The van der Waals surface area contributed by atoms with Crippen molar-refractivity contribution in [1.82, 2.24) is 10.3 Å². The van der Waals surface area contributed by atoms with Crippen LogP contribution in [0.4, 0.5) is 0 Å². The van der Waals surface area contributed by atoms with Crippen LogP contribution in [0.15, 0.2) is 0 Å². The van der Waals surface area contributed by atoms with Crippen molar-refractivity contribution in [2.75, 3.05) is 6.54 Å². The normalized spacial score (nSPS) is 19.5. The van der Waals surface area contributed by atoms with Crippen molar-refractivity contribution in [2.45, 2.75) is 58.0 Å². The zero-order valence-corrected chi connectivity index (χ0v) is 11.7. The molecule has 1 aliphatic rings. The molecule has 0 saturated heterocycles. The summed E-state index contributed by atoms with van der Waals surface area (Å²) in [4.78, 5) is 5.79. The monoisotopic (exact) mass is 253 g/mol. The van der Waals surface area contributed by atoms with Crippen LogP contribution in [-0.2, 0) is 6.54 Å². The second kappa shape index (κ2) is 5.46. The lowest BCUT2D eigenvalue weighted by Crippen LogP contribution is -2.49. The van der Waals surface area contributed by atoms with Gasteiger partial charge in [0.25, 0.3) is 0 Å². The van der Waals surface area contributed by atoms with Gasteiger partial charge in [0.2, 0.25) is 0 Å². The Morgan fingerprint density at radius 2 is 2.00 bits per heavy atom. The van der Waals surface area contributed by atoms with Gasteiger partial charge in [-0.1, -0.05) is 19.3 Å². The number of hydrogen-bond acceptors (Lipinski definition) is 4. The van der Waals surface area contributed by atoms with Crippen LogP contribution in [0.3, 0.4) is 0 Å². The molecule has 1 aromatic rings. The van der Waals surface area contributed by atoms with Gasteiger partial charge in [0.1, 0.15) is 0 Å². The minimum absolute atomic E-state index is 0.0336. The summed E-state index contributed by atoms with van der Waals surface area (Å²) in [5, 5.41) is 4.66. The van der Waals surface area contributed by atoms with Gasteiger partial charge in [-0.3, -0.25) is 0 Å². The molecule has 3 N–H and O–H groups in total. The van der Waals surface area contributed by atoms with E-state index in [4.69, 9.17) is 5.73 Å². The molecule has 0 radical (unpaired) electrons. The molecule has 1 aromatic heterocycles. The molecule has 0 aliphatic heterocycles. The lowest BCUT2D eigenvalue weighted by atomic mass is 9.82. The number of aryl methyl sites for hydroxylation is 2. The van der Waals surface area contributed by atoms with Crippen LogP contribution in [-0.4, -0.2) is 17.1 Å². The molecule has 3 nitrogen and oxygen atoms in total. The van der Waals surface area contributed by atoms with Crippen molar-refractivity contribution in [3.05, 3.63) is 15.6 Å². The zero-order chi connectivity index (χ0) is 12.3. The van der Waals surface area contributed by atoms with Crippen LogP contribution in [0, 0.1) is 13.8 Å². The second-order valence-corrected chi connectivity index (χ2v) is 6.56. The Morgan fingerprint density at radius 3 is 2.59 bits per heavy atom. The van der Waals surface area contributed by atoms with E-state index in [0.717, 1.165) is 23.8 Å². The van der Waals surface area contributed by atoms with E-state index in [1.54, 1.807) is 11.3 Å². The molecule has 1 aliphatic carbocycles. The first-order chi connectivity index (χ1) is 8.09. The highest BCUT2D eigenvalue weighted by atomic mass is 32.1. The first-order valence-electron chi connectivity index (χ1n) is 6.52. The van der Waals surface area contributed by atoms with Crippen LogP contribution in [0.1, 0.15) is 47.7 Å². The first kappa shape index (κ1) is 13.0. The highest BCUT2D eigenvalue weighted by molar-refractivity contribution is 7.11. The summed E-state index contributed by atoms with van der Waals surface area (Å²) in [6.07, 6.45) is 6.27. The molecule has 0 unspecified atom stereocenters. The average molecular weight is 253 g/mol. The quantitative estimate of drug-likeness (QED) is 0.867. The number of aromatic nitrogens is 1. The van der Waals surface area contributed by atoms with Crippen LogP contribution < -0.4 is 11.1 Å². The van der Waals surface area contributed by atoms with E-state index in [1.807, 2.05) is 0 Å². The van der Waals surface area contributed by atoms with Crippen molar-refractivity contribution in [2.24, 2.45) is 5.73 Å². The molecular formula is C13H23N3S. The van der Waals surface area contributed by atoms with Crippen molar-refractivity contribution < 1.29 is 0 Å². The largest absolute Gasteiger partial charge is 0.324 e. The summed E-state index contributed by atoms with van der Waals surface area (Å²) >= 11 is 1.79. The van der Waals surface area contributed by atoms with E-state index in [1.165, 1.54) is 37.0 Å². The summed E-state index contributed by atoms with van der Waals surface area (Å²) in [5.74, 6) is 0. The highest BCUT2D eigenvalue weighted by Gasteiger charge is 2.26. The molecule has 1 fully saturated rings. The lowest BCUT2D eigenvalue weighted by Gasteiger charge is -2.33. The van der Waals surface area contributed by atoms with Crippen molar-refractivity contribution in [3.8, 4) is 0 Å². The Bertz CT molecular complexity index is 367. The third-order valence-electron chi connectivity index (χ3n) is 3.61. The molecule has 0 bridgehead atoms. The molecule has 4 heteroatoms. The van der Waals surface area contributed by atoms with Crippen LogP contribution in [0.25, 0.3) is 0 Å². The molecule has 0 spiro atoms. The SMILES string of the molecule is Cc1nc(C)c(CNCC2(N)CCCCC2)s1. The molecule has 0 aromatic carbocycles. The van der Waals surface area contributed by atoms with Crippen LogP contribution in [0.5, 0.6) is 0 Å². The summed E-state index contributed by atoms with van der Waals surface area (Å²) in [6, 6.07) is 0. The molecule has 2 rings (SSSR count). The summed E-state index contributed by atoms with van der Waals surface area (Å²) in [7, 11) is 0. The summed E-state index contributed by atoms with van der Waals surface area (Å²) < 4.78 is 0. The van der Waals surface area contributed by atoms with Gasteiger partial charge in [-0.25, -0.2) is 4.98 Å². The van der Waals surface area contributed by atoms with E-state index < -0.39 is 0 Å². The maximum Gasteiger partial charge on any atom is 0.0900 e. The summed E-state index contributed by atoms with van der Waals surface area (Å²) in [6.45, 7) is 5.99. The molecule has 17 heavy (non-hydrogen) atoms. The Kier molecular flexibility index (Phi) is 4.17. The maximum absolute atomic E-state index is 6.39. The number of rotatable bonds is 4. The average Bonchev–Trinajstić information content (AvgIpc) is 2.58. The van der Waals surface area contributed by atoms with Crippen molar-refractivity contribution in [3.63, 3.8) is 0 Å². The highest BCUT2D eigenvalue weighted by Crippen LogP contribution is 2.25. The van der Waals surface area contributed by atoms with Gasteiger partial charge in [0.15, 0.2) is 0 Å². The van der Waals surface area contributed by atoms with Crippen LogP contribution >= 0.6 is 11.3 Å². The van der Waals surface area contributed by atoms with E-state index in [0.29, 0.717) is 0 Å². The molecule has 1 heterocycles. The minimum Gasteiger partial charge on any atom is -0.324 e. The van der Waals surface area contributed by atoms with Gasteiger partial charge in [0, 0.05) is 23.5 Å². The lowest BCUT2D eigenvalue weighted by molar-refractivity contribution is 0.283. The number of hydrogen-bond donors (Lipinski definition) is 2. The smallest absolute Gasteiger partial charge is 0.0900 e.